The molecule has 15 heavy (non-hydrogen) atoms. The molecule has 1 aromatic rings. The van der Waals surface area contributed by atoms with Crippen molar-refractivity contribution in [1.29, 1.82) is 0 Å². The zero-order chi connectivity index (χ0) is 11.1. The zero-order valence-corrected chi connectivity index (χ0v) is 9.82. The lowest BCUT2D eigenvalue weighted by molar-refractivity contribution is 0.0122. The van der Waals surface area contributed by atoms with Crippen LogP contribution in [-0.2, 0) is 13.5 Å². The molecule has 84 valence electrons. The highest BCUT2D eigenvalue weighted by Gasteiger charge is 2.42. The molecule has 1 atom stereocenters. The average Bonchev–Trinajstić information content (AvgIpc) is 2.96. The highest BCUT2D eigenvalue weighted by molar-refractivity contribution is 5.13. The van der Waals surface area contributed by atoms with Gasteiger partial charge in [-0.05, 0) is 38.2 Å². The Bertz CT molecular complexity index is 355. The predicted molar refractivity (Wildman–Crippen MR) is 59.6 cm³/mol. The lowest BCUT2D eigenvalue weighted by Crippen LogP contribution is -2.34. The Morgan fingerprint density at radius 3 is 2.67 bits per heavy atom. The molecule has 1 fully saturated rings. The number of aliphatic hydroxyl groups is 1. The monoisotopic (exact) mass is 208 g/mol. The van der Waals surface area contributed by atoms with Crippen molar-refractivity contribution in [3.05, 3.63) is 17.5 Å². The maximum Gasteiger partial charge on any atom is 0.0728 e. The third-order valence-electron chi connectivity index (χ3n) is 3.54. The van der Waals surface area contributed by atoms with Crippen LogP contribution in [0.1, 0.15) is 37.6 Å². The second-order valence-corrected chi connectivity index (χ2v) is 4.81. The van der Waals surface area contributed by atoms with E-state index in [2.05, 4.69) is 18.1 Å². The lowest BCUT2D eigenvalue weighted by atomic mass is 9.89. The van der Waals surface area contributed by atoms with Gasteiger partial charge in [0.2, 0.25) is 0 Å². The van der Waals surface area contributed by atoms with E-state index in [1.165, 1.54) is 12.8 Å². The first-order valence-corrected chi connectivity index (χ1v) is 5.77. The van der Waals surface area contributed by atoms with Gasteiger partial charge in [0.05, 0.1) is 11.3 Å². The summed E-state index contributed by atoms with van der Waals surface area (Å²) in [5, 5.41) is 14.8. The minimum absolute atomic E-state index is 0.500. The smallest absolute Gasteiger partial charge is 0.0728 e. The first-order chi connectivity index (χ1) is 7.05. The molecule has 1 N–H and O–H groups in total. The number of aryl methyl sites for hydroxylation is 2. The summed E-state index contributed by atoms with van der Waals surface area (Å²) in [6, 6.07) is 2.07. The maximum absolute atomic E-state index is 10.5. The van der Waals surface area contributed by atoms with Crippen LogP contribution in [0.3, 0.4) is 0 Å². The highest BCUT2D eigenvalue weighted by atomic mass is 16.3. The van der Waals surface area contributed by atoms with Gasteiger partial charge >= 0.3 is 0 Å². The molecule has 0 bridgehead atoms. The van der Waals surface area contributed by atoms with Crippen LogP contribution in [-0.4, -0.2) is 20.5 Å². The minimum atomic E-state index is -0.500. The second kappa shape index (κ2) is 3.63. The first-order valence-electron chi connectivity index (χ1n) is 5.77. The Balaban J connectivity index is 2.15. The van der Waals surface area contributed by atoms with Gasteiger partial charge < -0.3 is 5.11 Å². The molecule has 0 aromatic carbocycles. The van der Waals surface area contributed by atoms with Gasteiger partial charge in [-0.3, -0.25) is 4.68 Å². The lowest BCUT2D eigenvalue weighted by Gasteiger charge is -2.26. The molecule has 1 unspecified atom stereocenters. The molecule has 0 spiro atoms. The fourth-order valence-electron chi connectivity index (χ4n) is 2.32. The average molecular weight is 208 g/mol. The fraction of sp³-hybridized carbons (Fsp3) is 0.750. The van der Waals surface area contributed by atoms with Gasteiger partial charge in [-0.15, -0.1) is 0 Å². The third-order valence-corrected chi connectivity index (χ3v) is 3.54. The highest BCUT2D eigenvalue weighted by Crippen LogP contribution is 2.43. The summed E-state index contributed by atoms with van der Waals surface area (Å²) in [5.41, 5.74) is 1.67. The van der Waals surface area contributed by atoms with Crippen LogP contribution in [0, 0.1) is 12.8 Å². The summed E-state index contributed by atoms with van der Waals surface area (Å²) in [6.07, 6.45) is 3.94. The molecule has 0 amide bonds. The standard InChI is InChI=1S/C12H20N2O/c1-4-12(15,10-5-6-10)8-11-7-9(2)13-14(11)3/h7,10,15H,4-6,8H2,1-3H3. The summed E-state index contributed by atoms with van der Waals surface area (Å²) in [4.78, 5) is 0. The summed E-state index contributed by atoms with van der Waals surface area (Å²) in [5.74, 6) is 0.512. The molecule has 0 saturated heterocycles. The molecule has 1 aliphatic rings. The molecule has 1 aliphatic carbocycles. The number of rotatable bonds is 4. The predicted octanol–water partition coefficient (Wildman–Crippen LogP) is 1.82. The molecule has 1 saturated carbocycles. The van der Waals surface area contributed by atoms with E-state index >= 15 is 0 Å². The summed E-state index contributed by atoms with van der Waals surface area (Å²) in [7, 11) is 1.95. The Morgan fingerprint density at radius 2 is 2.27 bits per heavy atom. The molecule has 0 radical (unpaired) electrons. The van der Waals surface area contributed by atoms with Crippen molar-refractivity contribution in [3.8, 4) is 0 Å². The summed E-state index contributed by atoms with van der Waals surface area (Å²) >= 11 is 0. The van der Waals surface area contributed by atoms with Crippen molar-refractivity contribution in [2.75, 3.05) is 0 Å². The number of aromatic nitrogens is 2. The van der Waals surface area contributed by atoms with Crippen molar-refractivity contribution in [1.82, 2.24) is 9.78 Å². The topological polar surface area (TPSA) is 38.1 Å². The Morgan fingerprint density at radius 1 is 1.60 bits per heavy atom. The normalized spacial score (nSPS) is 20.3. The Kier molecular flexibility index (Phi) is 2.59. The Hall–Kier alpha value is -0.830. The van der Waals surface area contributed by atoms with Crippen molar-refractivity contribution in [2.45, 2.75) is 45.1 Å². The maximum atomic E-state index is 10.5. The van der Waals surface area contributed by atoms with E-state index in [0.717, 1.165) is 24.2 Å². The van der Waals surface area contributed by atoms with E-state index in [1.54, 1.807) is 0 Å². The van der Waals surface area contributed by atoms with Gasteiger partial charge in [0.15, 0.2) is 0 Å². The van der Waals surface area contributed by atoms with E-state index < -0.39 is 5.60 Å². The van der Waals surface area contributed by atoms with Crippen LogP contribution in [0.25, 0.3) is 0 Å². The largest absolute Gasteiger partial charge is 0.389 e. The van der Waals surface area contributed by atoms with Gasteiger partial charge in [0.25, 0.3) is 0 Å². The van der Waals surface area contributed by atoms with Crippen LogP contribution < -0.4 is 0 Å². The van der Waals surface area contributed by atoms with E-state index in [1.807, 2.05) is 18.7 Å². The molecule has 2 rings (SSSR count). The van der Waals surface area contributed by atoms with Crippen molar-refractivity contribution >= 4 is 0 Å². The third kappa shape index (κ3) is 2.07. The van der Waals surface area contributed by atoms with Crippen LogP contribution >= 0.6 is 0 Å². The molecule has 1 heterocycles. The number of nitrogens with zero attached hydrogens (tertiary/aromatic N) is 2. The van der Waals surface area contributed by atoms with E-state index in [0.29, 0.717) is 5.92 Å². The molecule has 1 aromatic heterocycles. The first kappa shape index (κ1) is 10.7. The van der Waals surface area contributed by atoms with Crippen molar-refractivity contribution in [2.24, 2.45) is 13.0 Å². The van der Waals surface area contributed by atoms with Gasteiger partial charge in [0.1, 0.15) is 0 Å². The van der Waals surface area contributed by atoms with Gasteiger partial charge in [-0.25, -0.2) is 0 Å². The fourth-order valence-corrected chi connectivity index (χ4v) is 2.32. The van der Waals surface area contributed by atoms with Crippen LogP contribution in [0.4, 0.5) is 0 Å². The summed E-state index contributed by atoms with van der Waals surface area (Å²) in [6.45, 7) is 4.06. The van der Waals surface area contributed by atoms with Crippen molar-refractivity contribution < 1.29 is 5.11 Å². The Labute approximate surface area is 91.1 Å². The van der Waals surface area contributed by atoms with Crippen LogP contribution in [0.2, 0.25) is 0 Å². The van der Waals surface area contributed by atoms with Gasteiger partial charge in [-0.2, -0.15) is 5.10 Å². The molecule has 3 heteroatoms. The van der Waals surface area contributed by atoms with Crippen LogP contribution in [0.5, 0.6) is 0 Å². The number of hydrogen-bond donors (Lipinski definition) is 1. The molecule has 3 nitrogen and oxygen atoms in total. The second-order valence-electron chi connectivity index (χ2n) is 4.81. The SMILES string of the molecule is CCC(O)(Cc1cc(C)nn1C)C1CC1. The van der Waals surface area contributed by atoms with E-state index in [4.69, 9.17) is 0 Å². The number of hydrogen-bond acceptors (Lipinski definition) is 2. The quantitative estimate of drug-likeness (QED) is 0.819. The zero-order valence-electron chi connectivity index (χ0n) is 9.82. The molecular formula is C12H20N2O. The van der Waals surface area contributed by atoms with Crippen LogP contribution in [0.15, 0.2) is 6.07 Å². The van der Waals surface area contributed by atoms with Gasteiger partial charge in [0, 0.05) is 19.2 Å². The van der Waals surface area contributed by atoms with Crippen molar-refractivity contribution in [3.63, 3.8) is 0 Å². The van der Waals surface area contributed by atoms with Gasteiger partial charge in [-0.1, -0.05) is 6.92 Å². The molecule has 0 aliphatic heterocycles. The molecular weight excluding hydrogens is 188 g/mol. The van der Waals surface area contributed by atoms with E-state index in [-0.39, 0.29) is 0 Å². The minimum Gasteiger partial charge on any atom is -0.389 e. The van der Waals surface area contributed by atoms with E-state index in [9.17, 15) is 5.11 Å². The summed E-state index contributed by atoms with van der Waals surface area (Å²) < 4.78 is 1.89.